The molecule has 1 heterocycles. The van der Waals surface area contributed by atoms with E-state index in [-0.39, 0.29) is 25.5 Å². The zero-order valence-corrected chi connectivity index (χ0v) is 19.9. The number of unbranched alkanes of at least 4 members (excludes halogenated alkanes) is 12. The van der Waals surface area contributed by atoms with Gasteiger partial charge in [0.15, 0.2) is 6.23 Å². The average molecular weight is 462 g/mol. The Morgan fingerprint density at radius 3 is 1.72 bits per heavy atom. The van der Waals surface area contributed by atoms with Gasteiger partial charge in [-0.1, -0.05) is 84.0 Å². The van der Waals surface area contributed by atoms with Gasteiger partial charge in [-0.25, -0.2) is 0 Å². The quantitative estimate of drug-likeness (QED) is 0.198. The summed E-state index contributed by atoms with van der Waals surface area (Å²) in [5.41, 5.74) is 0. The normalized spacial score (nSPS) is 25.8. The van der Waals surface area contributed by atoms with Gasteiger partial charge in [0.1, 0.15) is 24.4 Å². The first-order chi connectivity index (χ1) is 15.5. The standard InChI is InChI=1S/C24H47NO7/c1-2-3-4-5-6-7-8-9-10-11-12-13-14-15-20(28)25(16-17-26)24-23(31)22(30)21(29)19(18-27)32-24/h19,21-24,26-27,29-31H,2-18H2,1H3/t19-,21+,22+,23-,24-/m1/s1. The largest absolute Gasteiger partial charge is 0.395 e. The van der Waals surface area contributed by atoms with E-state index in [1.165, 1.54) is 62.7 Å². The van der Waals surface area contributed by atoms with Crippen LogP contribution in [0.4, 0.5) is 0 Å². The van der Waals surface area contributed by atoms with Crippen LogP contribution in [0.15, 0.2) is 0 Å². The van der Waals surface area contributed by atoms with Crippen LogP contribution in [0.5, 0.6) is 0 Å². The number of aliphatic hydroxyl groups excluding tert-OH is 5. The van der Waals surface area contributed by atoms with Crippen LogP contribution in [0, 0.1) is 0 Å². The number of aliphatic hydroxyl groups is 5. The summed E-state index contributed by atoms with van der Waals surface area (Å²) in [6.07, 6.45) is 9.14. The van der Waals surface area contributed by atoms with Crippen LogP contribution in [0.2, 0.25) is 0 Å². The van der Waals surface area contributed by atoms with E-state index in [9.17, 15) is 30.3 Å². The molecular formula is C24H47NO7. The number of hydrogen-bond donors (Lipinski definition) is 5. The molecule has 0 saturated carbocycles. The van der Waals surface area contributed by atoms with E-state index in [2.05, 4.69) is 6.92 Å². The van der Waals surface area contributed by atoms with Gasteiger partial charge >= 0.3 is 0 Å². The van der Waals surface area contributed by atoms with Crippen molar-refractivity contribution in [2.45, 2.75) is 127 Å². The molecule has 0 unspecified atom stereocenters. The van der Waals surface area contributed by atoms with Gasteiger partial charge in [-0.3, -0.25) is 4.79 Å². The van der Waals surface area contributed by atoms with Crippen molar-refractivity contribution >= 4 is 5.91 Å². The van der Waals surface area contributed by atoms with Gasteiger partial charge in [-0.05, 0) is 6.42 Å². The third-order valence-electron chi connectivity index (χ3n) is 6.33. The summed E-state index contributed by atoms with van der Waals surface area (Å²) in [6, 6.07) is 0. The van der Waals surface area contributed by atoms with Crippen LogP contribution in [-0.2, 0) is 9.53 Å². The molecule has 1 fully saturated rings. The number of ether oxygens (including phenoxy) is 1. The lowest BCUT2D eigenvalue weighted by molar-refractivity contribution is -0.263. The molecule has 5 N–H and O–H groups in total. The molecule has 0 radical (unpaired) electrons. The summed E-state index contributed by atoms with van der Waals surface area (Å²) in [6.45, 7) is 1.31. The number of rotatable bonds is 18. The molecule has 0 bridgehead atoms. The first-order valence-corrected chi connectivity index (χ1v) is 12.7. The molecule has 0 aliphatic carbocycles. The molecule has 190 valence electrons. The predicted molar refractivity (Wildman–Crippen MR) is 123 cm³/mol. The second-order valence-corrected chi connectivity index (χ2v) is 9.02. The van der Waals surface area contributed by atoms with Gasteiger partial charge in [0, 0.05) is 13.0 Å². The highest BCUT2D eigenvalue weighted by Crippen LogP contribution is 2.24. The number of carbonyl (C=O) groups excluding carboxylic acids is 1. The maximum atomic E-state index is 12.7. The lowest BCUT2D eigenvalue weighted by Gasteiger charge is -2.44. The van der Waals surface area contributed by atoms with Crippen LogP contribution >= 0.6 is 0 Å². The average Bonchev–Trinajstić information content (AvgIpc) is 2.79. The molecule has 8 nitrogen and oxygen atoms in total. The van der Waals surface area contributed by atoms with Crippen molar-refractivity contribution < 1.29 is 35.1 Å². The maximum absolute atomic E-state index is 12.7. The summed E-state index contributed by atoms with van der Waals surface area (Å²) >= 11 is 0. The van der Waals surface area contributed by atoms with Gasteiger partial charge in [-0.15, -0.1) is 0 Å². The fraction of sp³-hybridized carbons (Fsp3) is 0.958. The highest BCUT2D eigenvalue weighted by atomic mass is 16.6. The fourth-order valence-electron chi connectivity index (χ4n) is 4.28. The maximum Gasteiger partial charge on any atom is 0.224 e. The summed E-state index contributed by atoms with van der Waals surface area (Å²) in [5.74, 6) is -0.286. The Hall–Kier alpha value is -0.770. The molecule has 0 spiro atoms. The molecule has 1 amide bonds. The summed E-state index contributed by atoms with van der Waals surface area (Å²) in [5, 5.41) is 48.8. The lowest BCUT2D eigenvalue weighted by atomic mass is 9.97. The van der Waals surface area contributed by atoms with E-state index >= 15 is 0 Å². The zero-order valence-electron chi connectivity index (χ0n) is 19.9. The third kappa shape index (κ3) is 10.4. The minimum absolute atomic E-state index is 0.0556. The summed E-state index contributed by atoms with van der Waals surface area (Å²) in [7, 11) is 0. The SMILES string of the molecule is CCCCCCCCCCCCCCCC(=O)N(CCO)[C@@H]1O[C@H](CO)[C@H](O)[C@H](O)[C@H]1O. The second-order valence-electron chi connectivity index (χ2n) is 9.02. The number of hydrogen-bond acceptors (Lipinski definition) is 7. The van der Waals surface area contributed by atoms with Crippen LogP contribution < -0.4 is 0 Å². The van der Waals surface area contributed by atoms with Crippen LogP contribution in [0.25, 0.3) is 0 Å². The molecule has 32 heavy (non-hydrogen) atoms. The molecule has 0 aromatic heterocycles. The Kier molecular flexibility index (Phi) is 16.2. The van der Waals surface area contributed by atoms with Gasteiger partial charge in [0.05, 0.1) is 13.2 Å². The topological polar surface area (TPSA) is 131 Å². The van der Waals surface area contributed by atoms with Crippen molar-refractivity contribution in [3.05, 3.63) is 0 Å². The predicted octanol–water partition coefficient (Wildman–Crippen LogP) is 2.09. The Morgan fingerprint density at radius 2 is 1.25 bits per heavy atom. The number of amides is 1. The van der Waals surface area contributed by atoms with E-state index in [4.69, 9.17) is 4.74 Å². The molecule has 0 aromatic carbocycles. The van der Waals surface area contributed by atoms with E-state index in [0.717, 1.165) is 19.3 Å². The van der Waals surface area contributed by atoms with Gasteiger partial charge in [-0.2, -0.15) is 0 Å². The van der Waals surface area contributed by atoms with Gasteiger partial charge < -0.3 is 35.2 Å². The van der Waals surface area contributed by atoms with Crippen molar-refractivity contribution in [3.63, 3.8) is 0 Å². The molecule has 1 aliphatic heterocycles. The first-order valence-electron chi connectivity index (χ1n) is 12.7. The van der Waals surface area contributed by atoms with Crippen LogP contribution in [0.3, 0.4) is 0 Å². The smallest absolute Gasteiger partial charge is 0.224 e. The van der Waals surface area contributed by atoms with E-state index < -0.39 is 37.3 Å². The minimum atomic E-state index is -1.55. The molecule has 1 saturated heterocycles. The van der Waals surface area contributed by atoms with Crippen molar-refractivity contribution in [1.82, 2.24) is 4.90 Å². The van der Waals surface area contributed by atoms with Crippen molar-refractivity contribution in [3.8, 4) is 0 Å². The van der Waals surface area contributed by atoms with Crippen LogP contribution in [-0.4, -0.2) is 86.7 Å². The Morgan fingerprint density at radius 1 is 0.750 bits per heavy atom. The Labute approximate surface area is 193 Å². The second kappa shape index (κ2) is 17.7. The molecule has 1 aliphatic rings. The molecule has 8 heteroatoms. The van der Waals surface area contributed by atoms with Crippen molar-refractivity contribution in [2.24, 2.45) is 0 Å². The number of nitrogens with zero attached hydrogens (tertiary/aromatic N) is 1. The van der Waals surface area contributed by atoms with Crippen LogP contribution in [0.1, 0.15) is 96.8 Å². The van der Waals surface area contributed by atoms with E-state index in [0.29, 0.717) is 6.42 Å². The molecule has 1 rings (SSSR count). The molecule has 0 aromatic rings. The van der Waals surface area contributed by atoms with Crippen molar-refractivity contribution in [1.29, 1.82) is 0 Å². The van der Waals surface area contributed by atoms with E-state index in [1.54, 1.807) is 0 Å². The summed E-state index contributed by atoms with van der Waals surface area (Å²) in [4.78, 5) is 13.9. The fourth-order valence-corrected chi connectivity index (χ4v) is 4.28. The highest BCUT2D eigenvalue weighted by Gasteiger charge is 2.46. The summed E-state index contributed by atoms with van der Waals surface area (Å²) < 4.78 is 5.47. The van der Waals surface area contributed by atoms with Gasteiger partial charge in [0.25, 0.3) is 0 Å². The molecular weight excluding hydrogens is 414 g/mol. The third-order valence-corrected chi connectivity index (χ3v) is 6.33. The van der Waals surface area contributed by atoms with Crippen molar-refractivity contribution in [2.75, 3.05) is 19.8 Å². The lowest BCUT2D eigenvalue weighted by Crippen LogP contribution is -2.64. The van der Waals surface area contributed by atoms with E-state index in [1.807, 2.05) is 0 Å². The minimum Gasteiger partial charge on any atom is -0.395 e. The first kappa shape index (κ1) is 29.3. The zero-order chi connectivity index (χ0) is 23.8. The number of carbonyl (C=O) groups is 1. The Bertz CT molecular complexity index is 477. The monoisotopic (exact) mass is 461 g/mol. The van der Waals surface area contributed by atoms with Gasteiger partial charge in [0.2, 0.25) is 5.91 Å². The highest BCUT2D eigenvalue weighted by molar-refractivity contribution is 5.76. The molecule has 5 atom stereocenters. The Balaban J connectivity index is 2.24.